The van der Waals surface area contributed by atoms with E-state index in [-0.39, 0.29) is 17.3 Å². The maximum Gasteiger partial charge on any atom is 0.173 e. The van der Waals surface area contributed by atoms with E-state index < -0.39 is 5.92 Å². The summed E-state index contributed by atoms with van der Waals surface area (Å²) < 4.78 is 0.836. The molecule has 1 aromatic heterocycles. The Balaban J connectivity index is 1.94. The molecule has 0 fully saturated rings. The number of nitriles is 1. The van der Waals surface area contributed by atoms with Crippen LogP contribution in [0.2, 0.25) is 0 Å². The van der Waals surface area contributed by atoms with Crippen molar-refractivity contribution >= 4 is 39.3 Å². The summed E-state index contributed by atoms with van der Waals surface area (Å²) >= 11 is 4.64. The van der Waals surface area contributed by atoms with E-state index in [0.717, 1.165) is 10.0 Å². The molecule has 0 bridgehead atoms. The van der Waals surface area contributed by atoms with E-state index in [0.29, 0.717) is 27.4 Å². The molecule has 29 heavy (non-hydrogen) atoms. The average Bonchev–Trinajstić information content (AvgIpc) is 2.71. The molecule has 0 aliphatic carbocycles. The Kier molecular flexibility index (Phi) is 6.68. The standard InChI is InChI=1S/C22H18BrN3O2S/c1-13-20(14(2)27)21(16-6-4-8-25-11-16)18(10-24)22(26-13)29-12-19(28)15-5-3-7-17(23)9-15/h3-9,11,21,26H,12H2,1-2H3. The highest BCUT2D eigenvalue weighted by Crippen LogP contribution is 2.40. The molecule has 1 aliphatic rings. The quantitative estimate of drug-likeness (QED) is 0.617. The van der Waals surface area contributed by atoms with E-state index in [1.54, 1.807) is 30.6 Å². The summed E-state index contributed by atoms with van der Waals surface area (Å²) in [6.45, 7) is 3.30. The first-order chi connectivity index (χ1) is 13.9. The normalized spacial score (nSPS) is 16.3. The van der Waals surface area contributed by atoms with Gasteiger partial charge in [0.2, 0.25) is 0 Å². The molecule has 146 valence electrons. The van der Waals surface area contributed by atoms with Crippen molar-refractivity contribution in [1.82, 2.24) is 10.3 Å². The lowest BCUT2D eigenvalue weighted by atomic mass is 9.81. The molecule has 1 unspecified atom stereocenters. The van der Waals surface area contributed by atoms with Crippen LogP contribution >= 0.6 is 27.7 Å². The van der Waals surface area contributed by atoms with Gasteiger partial charge in [-0.1, -0.05) is 45.9 Å². The smallest absolute Gasteiger partial charge is 0.173 e. The number of nitrogens with one attached hydrogen (secondary N) is 1. The van der Waals surface area contributed by atoms with Gasteiger partial charge in [-0.15, -0.1) is 0 Å². The molecule has 1 aliphatic heterocycles. The van der Waals surface area contributed by atoms with Gasteiger partial charge in [0.15, 0.2) is 11.6 Å². The fourth-order valence-corrected chi connectivity index (χ4v) is 4.64. The van der Waals surface area contributed by atoms with Gasteiger partial charge in [0.05, 0.1) is 28.3 Å². The van der Waals surface area contributed by atoms with Gasteiger partial charge in [0.25, 0.3) is 0 Å². The molecular formula is C22H18BrN3O2S. The maximum absolute atomic E-state index is 12.6. The van der Waals surface area contributed by atoms with Crippen molar-refractivity contribution in [3.63, 3.8) is 0 Å². The number of carbonyl (C=O) groups is 2. The molecule has 0 radical (unpaired) electrons. The lowest BCUT2D eigenvalue weighted by molar-refractivity contribution is -0.113. The Morgan fingerprint density at radius 2 is 2.10 bits per heavy atom. The zero-order valence-corrected chi connectivity index (χ0v) is 18.3. The number of rotatable bonds is 6. The van der Waals surface area contributed by atoms with Crippen molar-refractivity contribution in [2.45, 2.75) is 19.8 Å². The number of dihydropyridines is 1. The van der Waals surface area contributed by atoms with Gasteiger partial charge in [-0.05, 0) is 37.6 Å². The van der Waals surface area contributed by atoms with Crippen LogP contribution < -0.4 is 5.32 Å². The number of allylic oxidation sites excluding steroid dienone is 3. The van der Waals surface area contributed by atoms with E-state index in [9.17, 15) is 14.9 Å². The summed E-state index contributed by atoms with van der Waals surface area (Å²) in [5.41, 5.74) is 3.01. The minimum Gasteiger partial charge on any atom is -0.353 e. The van der Waals surface area contributed by atoms with E-state index in [2.05, 4.69) is 32.3 Å². The summed E-state index contributed by atoms with van der Waals surface area (Å²) in [5.74, 6) is -0.478. The summed E-state index contributed by atoms with van der Waals surface area (Å²) in [5, 5.41) is 13.6. The van der Waals surface area contributed by atoms with Crippen LogP contribution in [0.5, 0.6) is 0 Å². The van der Waals surface area contributed by atoms with E-state index in [1.807, 2.05) is 25.1 Å². The van der Waals surface area contributed by atoms with E-state index in [4.69, 9.17) is 0 Å². The van der Waals surface area contributed by atoms with Crippen LogP contribution in [0.25, 0.3) is 0 Å². The number of halogens is 1. The van der Waals surface area contributed by atoms with Crippen LogP contribution in [0.1, 0.15) is 35.7 Å². The zero-order chi connectivity index (χ0) is 21.0. The molecule has 7 heteroatoms. The summed E-state index contributed by atoms with van der Waals surface area (Å²) in [6, 6.07) is 13.1. The summed E-state index contributed by atoms with van der Waals surface area (Å²) in [4.78, 5) is 29.1. The molecular weight excluding hydrogens is 450 g/mol. The lowest BCUT2D eigenvalue weighted by Gasteiger charge is -2.29. The molecule has 1 atom stereocenters. The molecule has 0 saturated heterocycles. The Hall–Kier alpha value is -2.69. The number of thioether (sulfide) groups is 1. The second-order valence-electron chi connectivity index (χ2n) is 6.52. The van der Waals surface area contributed by atoms with Crippen molar-refractivity contribution in [2.24, 2.45) is 0 Å². The number of pyridine rings is 1. The molecule has 1 N–H and O–H groups in total. The molecule has 5 nitrogen and oxygen atoms in total. The minimum absolute atomic E-state index is 0.0418. The van der Waals surface area contributed by atoms with Gasteiger partial charge in [-0.25, -0.2) is 0 Å². The second-order valence-corrected chi connectivity index (χ2v) is 8.42. The fraction of sp³-hybridized carbons (Fsp3) is 0.182. The molecule has 0 spiro atoms. The summed E-state index contributed by atoms with van der Waals surface area (Å²) in [7, 11) is 0. The largest absolute Gasteiger partial charge is 0.353 e. The molecule has 3 rings (SSSR count). The number of hydrogen-bond donors (Lipinski definition) is 1. The third-order valence-electron chi connectivity index (χ3n) is 4.54. The Labute approximate surface area is 182 Å². The predicted octanol–water partition coefficient (Wildman–Crippen LogP) is 4.75. The number of benzene rings is 1. The Morgan fingerprint density at radius 3 is 2.72 bits per heavy atom. The fourth-order valence-electron chi connectivity index (χ4n) is 3.26. The number of Topliss-reactive ketones (excluding diaryl/α,β-unsaturated/α-hetero) is 2. The number of nitrogens with zero attached hydrogens (tertiary/aromatic N) is 2. The van der Waals surface area contributed by atoms with Gasteiger partial charge < -0.3 is 5.32 Å². The molecule has 0 amide bonds. The lowest BCUT2D eigenvalue weighted by Crippen LogP contribution is -2.27. The van der Waals surface area contributed by atoms with Crippen molar-refractivity contribution in [2.75, 3.05) is 5.75 Å². The monoisotopic (exact) mass is 467 g/mol. The van der Waals surface area contributed by atoms with Crippen molar-refractivity contribution < 1.29 is 9.59 Å². The molecule has 2 aromatic rings. The number of hydrogen-bond acceptors (Lipinski definition) is 6. The number of aromatic nitrogens is 1. The highest BCUT2D eigenvalue weighted by Gasteiger charge is 2.33. The highest BCUT2D eigenvalue weighted by atomic mass is 79.9. The first kappa shape index (κ1) is 21.0. The average molecular weight is 468 g/mol. The van der Waals surface area contributed by atoms with Crippen LogP contribution in [0, 0.1) is 11.3 Å². The van der Waals surface area contributed by atoms with Crippen LogP contribution in [0.15, 0.2) is 75.1 Å². The SMILES string of the molecule is CC(=O)C1=C(C)NC(SCC(=O)c2cccc(Br)c2)=C(C#N)C1c1cccnc1. The topological polar surface area (TPSA) is 82.9 Å². The molecule has 0 saturated carbocycles. The number of ketones is 2. The Morgan fingerprint density at radius 1 is 1.31 bits per heavy atom. The van der Waals surface area contributed by atoms with Crippen molar-refractivity contribution in [3.8, 4) is 6.07 Å². The van der Waals surface area contributed by atoms with Gasteiger partial charge >= 0.3 is 0 Å². The van der Waals surface area contributed by atoms with Gasteiger partial charge in [0, 0.05) is 33.7 Å². The summed E-state index contributed by atoms with van der Waals surface area (Å²) in [6.07, 6.45) is 3.31. The van der Waals surface area contributed by atoms with Crippen molar-refractivity contribution in [3.05, 3.63) is 86.3 Å². The minimum atomic E-state index is -0.504. The first-order valence-electron chi connectivity index (χ1n) is 8.86. The predicted molar refractivity (Wildman–Crippen MR) is 117 cm³/mol. The third-order valence-corrected chi connectivity index (χ3v) is 6.05. The van der Waals surface area contributed by atoms with Crippen LogP contribution in [0.3, 0.4) is 0 Å². The van der Waals surface area contributed by atoms with Gasteiger partial charge in [-0.3, -0.25) is 14.6 Å². The van der Waals surface area contributed by atoms with Crippen LogP contribution in [-0.2, 0) is 4.79 Å². The van der Waals surface area contributed by atoms with Crippen LogP contribution in [-0.4, -0.2) is 22.3 Å². The van der Waals surface area contributed by atoms with E-state index >= 15 is 0 Å². The zero-order valence-electron chi connectivity index (χ0n) is 15.9. The van der Waals surface area contributed by atoms with Gasteiger partial charge in [0.1, 0.15) is 0 Å². The number of carbonyl (C=O) groups excluding carboxylic acids is 2. The van der Waals surface area contributed by atoms with Crippen molar-refractivity contribution in [1.29, 1.82) is 5.26 Å². The third kappa shape index (κ3) is 4.66. The molecule has 2 heterocycles. The highest BCUT2D eigenvalue weighted by molar-refractivity contribution is 9.10. The molecule has 1 aromatic carbocycles. The maximum atomic E-state index is 12.6. The van der Waals surface area contributed by atoms with Gasteiger partial charge in [-0.2, -0.15) is 5.26 Å². The Bertz CT molecular complexity index is 1070. The van der Waals surface area contributed by atoms with Crippen LogP contribution in [0.4, 0.5) is 0 Å². The second kappa shape index (κ2) is 9.21. The first-order valence-corrected chi connectivity index (χ1v) is 10.6. The van der Waals surface area contributed by atoms with E-state index in [1.165, 1.54) is 18.7 Å².